The smallest absolute Gasteiger partial charge is 0.228 e. The van der Waals surface area contributed by atoms with E-state index in [4.69, 9.17) is 11.6 Å². The number of halogens is 1. The average Bonchev–Trinajstić information content (AvgIpc) is 2.69. The highest BCUT2D eigenvalue weighted by Gasteiger charge is 2.26. The predicted octanol–water partition coefficient (Wildman–Crippen LogP) is 5.53. The monoisotopic (exact) mass is 384 g/mol. The third-order valence-electron chi connectivity index (χ3n) is 5.27. The van der Waals surface area contributed by atoms with Crippen molar-refractivity contribution in [3.8, 4) is 0 Å². The summed E-state index contributed by atoms with van der Waals surface area (Å²) < 4.78 is 0. The first-order valence-electron chi connectivity index (χ1n) is 10.0. The second-order valence-corrected chi connectivity index (χ2v) is 7.86. The Kier molecular flexibility index (Phi) is 7.31. The topological polar surface area (TPSA) is 32.3 Å². The summed E-state index contributed by atoms with van der Waals surface area (Å²) in [5, 5.41) is 3.90. The zero-order valence-corrected chi connectivity index (χ0v) is 16.8. The molecule has 3 nitrogen and oxygen atoms in total. The van der Waals surface area contributed by atoms with Gasteiger partial charge in [0.25, 0.3) is 0 Å². The molecule has 2 aromatic carbocycles. The van der Waals surface area contributed by atoms with E-state index in [2.05, 4.69) is 35.3 Å². The Labute approximate surface area is 167 Å². The minimum atomic E-state index is 0.0287. The van der Waals surface area contributed by atoms with E-state index in [9.17, 15) is 4.79 Å². The maximum Gasteiger partial charge on any atom is 0.228 e. The van der Waals surface area contributed by atoms with Crippen molar-refractivity contribution < 1.29 is 4.79 Å². The number of rotatable bonds is 7. The summed E-state index contributed by atoms with van der Waals surface area (Å²) >= 11 is 6.29. The Bertz CT molecular complexity index is 744. The molecule has 1 atom stereocenters. The lowest BCUT2D eigenvalue weighted by Gasteiger charge is -2.32. The van der Waals surface area contributed by atoms with Gasteiger partial charge >= 0.3 is 0 Å². The van der Waals surface area contributed by atoms with Crippen molar-refractivity contribution in [2.45, 2.75) is 45.6 Å². The van der Waals surface area contributed by atoms with E-state index in [0.717, 1.165) is 55.2 Å². The summed E-state index contributed by atoms with van der Waals surface area (Å²) in [7, 11) is 0. The molecule has 1 heterocycles. The molecule has 0 aliphatic carbocycles. The van der Waals surface area contributed by atoms with Gasteiger partial charge in [0.2, 0.25) is 5.91 Å². The number of amides is 1. The van der Waals surface area contributed by atoms with Crippen LogP contribution in [-0.2, 0) is 17.8 Å². The molecular formula is C23H29ClN2O. The number of piperidine rings is 1. The van der Waals surface area contributed by atoms with E-state index in [-0.39, 0.29) is 11.8 Å². The van der Waals surface area contributed by atoms with Crippen molar-refractivity contribution in [2.75, 3.05) is 18.4 Å². The van der Waals surface area contributed by atoms with Gasteiger partial charge in [-0.25, -0.2) is 0 Å². The summed E-state index contributed by atoms with van der Waals surface area (Å²) in [6.45, 7) is 4.80. The molecule has 1 fully saturated rings. The van der Waals surface area contributed by atoms with Crippen LogP contribution in [0.4, 0.5) is 5.69 Å². The number of carbonyl (C=O) groups is 1. The van der Waals surface area contributed by atoms with Gasteiger partial charge in [0, 0.05) is 23.8 Å². The van der Waals surface area contributed by atoms with Crippen LogP contribution < -0.4 is 5.32 Å². The molecule has 0 spiro atoms. The SMILES string of the molecule is CCCCc1ccc(NC(=O)[C@H]2CCCN(Cc3ccccc3Cl)C2)cc1. The van der Waals surface area contributed by atoms with Gasteiger partial charge in [-0.3, -0.25) is 9.69 Å². The van der Waals surface area contributed by atoms with Crippen LogP contribution in [0.15, 0.2) is 48.5 Å². The second-order valence-electron chi connectivity index (χ2n) is 7.46. The molecule has 1 aliphatic heterocycles. The minimum absolute atomic E-state index is 0.0287. The molecule has 0 saturated carbocycles. The fourth-order valence-electron chi connectivity index (χ4n) is 3.66. The number of carbonyl (C=O) groups excluding carboxylic acids is 1. The minimum Gasteiger partial charge on any atom is -0.326 e. The predicted molar refractivity (Wildman–Crippen MR) is 113 cm³/mol. The molecule has 4 heteroatoms. The van der Waals surface area contributed by atoms with Crippen molar-refractivity contribution in [2.24, 2.45) is 5.92 Å². The molecule has 0 radical (unpaired) electrons. The largest absolute Gasteiger partial charge is 0.326 e. The van der Waals surface area contributed by atoms with Crippen molar-refractivity contribution in [1.82, 2.24) is 4.90 Å². The number of nitrogens with one attached hydrogen (secondary N) is 1. The summed E-state index contributed by atoms with van der Waals surface area (Å²) in [5.74, 6) is 0.154. The number of unbranched alkanes of at least 4 members (excludes halogenated alkanes) is 1. The van der Waals surface area contributed by atoms with Crippen LogP contribution in [0.3, 0.4) is 0 Å². The number of anilines is 1. The highest BCUT2D eigenvalue weighted by atomic mass is 35.5. The summed E-state index contributed by atoms with van der Waals surface area (Å²) in [6, 6.07) is 16.2. The number of nitrogens with zero attached hydrogens (tertiary/aromatic N) is 1. The van der Waals surface area contributed by atoms with Gasteiger partial charge in [0.05, 0.1) is 5.92 Å². The van der Waals surface area contributed by atoms with Crippen LogP contribution in [0.2, 0.25) is 5.02 Å². The maximum atomic E-state index is 12.7. The Hall–Kier alpha value is -1.84. The Balaban J connectivity index is 1.54. The quantitative estimate of drug-likeness (QED) is 0.680. The van der Waals surface area contributed by atoms with Crippen molar-refractivity contribution in [3.63, 3.8) is 0 Å². The normalized spacial score (nSPS) is 17.6. The molecule has 1 aliphatic rings. The zero-order chi connectivity index (χ0) is 19.1. The second kappa shape index (κ2) is 9.91. The van der Waals surface area contributed by atoms with Gasteiger partial charge in [-0.2, -0.15) is 0 Å². The van der Waals surface area contributed by atoms with Gasteiger partial charge in [0.15, 0.2) is 0 Å². The Morgan fingerprint density at radius 3 is 2.70 bits per heavy atom. The number of hydrogen-bond acceptors (Lipinski definition) is 2. The summed E-state index contributed by atoms with van der Waals surface area (Å²) in [6.07, 6.45) is 5.49. The number of aryl methyl sites for hydroxylation is 1. The first-order valence-corrected chi connectivity index (χ1v) is 10.4. The molecule has 1 saturated heterocycles. The summed E-state index contributed by atoms with van der Waals surface area (Å²) in [5.41, 5.74) is 3.35. The molecule has 1 N–H and O–H groups in total. The van der Waals surface area contributed by atoms with Crippen LogP contribution in [0.25, 0.3) is 0 Å². The zero-order valence-electron chi connectivity index (χ0n) is 16.1. The van der Waals surface area contributed by atoms with Gasteiger partial charge in [-0.05, 0) is 61.6 Å². The lowest BCUT2D eigenvalue weighted by Crippen LogP contribution is -2.40. The molecule has 144 valence electrons. The van der Waals surface area contributed by atoms with E-state index in [0.29, 0.717) is 0 Å². The lowest BCUT2D eigenvalue weighted by atomic mass is 9.96. The van der Waals surface area contributed by atoms with Gasteiger partial charge in [-0.15, -0.1) is 0 Å². The van der Waals surface area contributed by atoms with E-state index >= 15 is 0 Å². The summed E-state index contributed by atoms with van der Waals surface area (Å²) in [4.78, 5) is 15.1. The van der Waals surface area contributed by atoms with Gasteiger partial charge < -0.3 is 5.32 Å². The highest BCUT2D eigenvalue weighted by molar-refractivity contribution is 6.31. The third kappa shape index (κ3) is 5.82. The van der Waals surface area contributed by atoms with Crippen LogP contribution in [0.5, 0.6) is 0 Å². The van der Waals surface area contributed by atoms with Crippen LogP contribution in [0.1, 0.15) is 43.7 Å². The van der Waals surface area contributed by atoms with E-state index in [1.54, 1.807) is 0 Å². The van der Waals surface area contributed by atoms with Crippen LogP contribution >= 0.6 is 11.6 Å². The van der Waals surface area contributed by atoms with Crippen LogP contribution in [0, 0.1) is 5.92 Å². The maximum absolute atomic E-state index is 12.7. The molecule has 0 aromatic heterocycles. The fraction of sp³-hybridized carbons (Fsp3) is 0.435. The van der Waals surface area contributed by atoms with Gasteiger partial charge in [-0.1, -0.05) is 55.3 Å². The highest BCUT2D eigenvalue weighted by Crippen LogP contribution is 2.23. The molecule has 0 unspecified atom stereocenters. The third-order valence-corrected chi connectivity index (χ3v) is 5.64. The fourth-order valence-corrected chi connectivity index (χ4v) is 3.86. The van der Waals surface area contributed by atoms with Gasteiger partial charge in [0.1, 0.15) is 0 Å². The van der Waals surface area contributed by atoms with E-state index < -0.39 is 0 Å². The molecule has 2 aromatic rings. The Morgan fingerprint density at radius 2 is 1.96 bits per heavy atom. The number of likely N-dealkylation sites (tertiary alicyclic amines) is 1. The van der Waals surface area contributed by atoms with E-state index in [1.807, 2.05) is 30.3 Å². The molecule has 27 heavy (non-hydrogen) atoms. The Morgan fingerprint density at radius 1 is 1.19 bits per heavy atom. The number of hydrogen-bond donors (Lipinski definition) is 1. The standard InChI is InChI=1S/C23H29ClN2O/c1-2-3-7-18-11-13-21(14-12-18)25-23(27)20-9-6-15-26(17-20)16-19-8-4-5-10-22(19)24/h4-5,8,10-14,20H,2-3,6-7,9,15-17H2,1H3,(H,25,27)/t20-/m0/s1. The van der Waals surface area contributed by atoms with E-state index in [1.165, 1.54) is 18.4 Å². The molecular weight excluding hydrogens is 356 g/mol. The first kappa shape index (κ1) is 19.9. The van der Waals surface area contributed by atoms with Crippen molar-refractivity contribution in [1.29, 1.82) is 0 Å². The lowest BCUT2D eigenvalue weighted by molar-refractivity contribution is -0.121. The molecule has 3 rings (SSSR count). The average molecular weight is 385 g/mol. The van der Waals surface area contributed by atoms with Crippen LogP contribution in [-0.4, -0.2) is 23.9 Å². The van der Waals surface area contributed by atoms with Crippen molar-refractivity contribution >= 4 is 23.2 Å². The van der Waals surface area contributed by atoms with Crippen molar-refractivity contribution in [3.05, 3.63) is 64.7 Å². The number of benzene rings is 2. The molecule has 0 bridgehead atoms. The first-order chi connectivity index (χ1) is 13.2. The molecule has 1 amide bonds.